The summed E-state index contributed by atoms with van der Waals surface area (Å²) in [4.78, 5) is 12.6. The van der Waals surface area contributed by atoms with Crippen molar-refractivity contribution in [1.82, 2.24) is 20.2 Å². The van der Waals surface area contributed by atoms with Crippen LogP contribution in [0.3, 0.4) is 0 Å². The molecule has 0 aliphatic heterocycles. The smallest absolute Gasteiger partial charge is 0.250 e. The predicted molar refractivity (Wildman–Crippen MR) is 153 cm³/mol. The Bertz CT molecular complexity index is 1430. The number of carbonyl (C=O) groups is 1. The molecule has 190 valence electrons. The molecule has 3 aromatic carbocycles. The molecule has 1 N–H and O–H groups in total. The first-order chi connectivity index (χ1) is 17.6. The molecule has 6 nitrogen and oxygen atoms in total. The zero-order valence-corrected chi connectivity index (χ0v) is 23.3. The summed E-state index contributed by atoms with van der Waals surface area (Å²) in [6.07, 6.45) is 0. The number of hydrogen-bond acceptors (Lipinski definition) is 5. The van der Waals surface area contributed by atoms with Crippen LogP contribution in [-0.4, -0.2) is 32.1 Å². The van der Waals surface area contributed by atoms with E-state index in [1.807, 2.05) is 34.9 Å². The first-order valence-corrected chi connectivity index (χ1v) is 13.4. The number of nitrogens with zero attached hydrogens (tertiary/aromatic N) is 4. The van der Waals surface area contributed by atoms with Crippen molar-refractivity contribution in [2.24, 2.45) is 5.10 Å². The van der Waals surface area contributed by atoms with Gasteiger partial charge in [0, 0.05) is 21.8 Å². The normalized spacial score (nSPS) is 12.0. The number of carbonyl (C=O) groups excluding carboxylic acids is 1. The van der Waals surface area contributed by atoms with Gasteiger partial charge in [-0.15, -0.1) is 10.2 Å². The zero-order chi connectivity index (χ0) is 26.6. The molecule has 0 aliphatic carbocycles. The fourth-order valence-electron chi connectivity index (χ4n) is 3.63. The van der Waals surface area contributed by atoms with Crippen molar-refractivity contribution < 1.29 is 4.79 Å². The molecule has 0 radical (unpaired) electrons. The highest BCUT2D eigenvalue weighted by molar-refractivity contribution is 7.99. The number of hydrazone groups is 1. The van der Waals surface area contributed by atoms with Gasteiger partial charge in [0.1, 0.15) is 0 Å². The number of halogens is 2. The number of benzene rings is 3. The van der Waals surface area contributed by atoms with Crippen LogP contribution in [0.25, 0.3) is 17.1 Å². The molecule has 0 fully saturated rings. The summed E-state index contributed by atoms with van der Waals surface area (Å²) >= 11 is 13.5. The highest BCUT2D eigenvalue weighted by Gasteiger charge is 2.19. The van der Waals surface area contributed by atoms with Gasteiger partial charge in [0.2, 0.25) is 0 Å². The Morgan fingerprint density at radius 2 is 1.70 bits per heavy atom. The van der Waals surface area contributed by atoms with Crippen molar-refractivity contribution in [3.63, 3.8) is 0 Å². The summed E-state index contributed by atoms with van der Waals surface area (Å²) < 4.78 is 1.96. The van der Waals surface area contributed by atoms with E-state index in [-0.39, 0.29) is 17.1 Å². The van der Waals surface area contributed by atoms with Crippen LogP contribution in [0.2, 0.25) is 10.0 Å². The van der Waals surface area contributed by atoms with Crippen LogP contribution in [0.1, 0.15) is 38.8 Å². The van der Waals surface area contributed by atoms with E-state index in [1.54, 1.807) is 25.1 Å². The van der Waals surface area contributed by atoms with E-state index >= 15 is 0 Å². The predicted octanol–water partition coefficient (Wildman–Crippen LogP) is 7.17. The highest BCUT2D eigenvalue weighted by atomic mass is 35.5. The standard InChI is InChI=1S/C28H27Cl2N5OS/c1-18(23-15-14-21(29)16-24(23)30)31-32-25(36)17-37-27-34-33-26(35(27)22-8-6-5-7-9-22)19-10-12-20(13-11-19)28(2,3)4/h5-16H,17H2,1-4H3,(H,32,36). The average Bonchev–Trinajstić information content (AvgIpc) is 3.30. The first kappa shape index (κ1) is 26.9. The lowest BCUT2D eigenvalue weighted by molar-refractivity contribution is -0.118. The number of nitrogens with one attached hydrogen (secondary N) is 1. The molecule has 9 heteroatoms. The lowest BCUT2D eigenvalue weighted by atomic mass is 9.87. The Balaban J connectivity index is 1.53. The van der Waals surface area contributed by atoms with Crippen LogP contribution in [0.4, 0.5) is 0 Å². The maximum absolute atomic E-state index is 12.6. The van der Waals surface area contributed by atoms with Gasteiger partial charge in [0.25, 0.3) is 5.91 Å². The molecule has 37 heavy (non-hydrogen) atoms. The second-order valence-corrected chi connectivity index (χ2v) is 11.2. The number of thioether (sulfide) groups is 1. The van der Waals surface area contributed by atoms with Crippen molar-refractivity contribution >= 4 is 46.6 Å². The molecular weight excluding hydrogens is 525 g/mol. The molecule has 0 bridgehead atoms. The number of para-hydroxylation sites is 1. The van der Waals surface area contributed by atoms with E-state index in [2.05, 4.69) is 65.8 Å². The number of hydrogen-bond donors (Lipinski definition) is 1. The average molecular weight is 553 g/mol. The Morgan fingerprint density at radius 3 is 2.35 bits per heavy atom. The second-order valence-electron chi connectivity index (χ2n) is 9.45. The van der Waals surface area contributed by atoms with E-state index in [4.69, 9.17) is 23.2 Å². The van der Waals surface area contributed by atoms with Gasteiger partial charge in [-0.05, 0) is 42.2 Å². The summed E-state index contributed by atoms with van der Waals surface area (Å²) in [5.41, 5.74) is 7.02. The van der Waals surface area contributed by atoms with Gasteiger partial charge in [-0.1, -0.05) is 104 Å². The molecule has 1 amide bonds. The van der Waals surface area contributed by atoms with Gasteiger partial charge in [0.05, 0.1) is 16.5 Å². The van der Waals surface area contributed by atoms with Crippen LogP contribution in [-0.2, 0) is 10.2 Å². The fraction of sp³-hybridized carbons (Fsp3) is 0.214. The van der Waals surface area contributed by atoms with Crippen LogP contribution in [0.5, 0.6) is 0 Å². The third-order valence-electron chi connectivity index (χ3n) is 5.66. The van der Waals surface area contributed by atoms with Gasteiger partial charge in [-0.25, -0.2) is 5.43 Å². The van der Waals surface area contributed by atoms with Gasteiger partial charge >= 0.3 is 0 Å². The molecule has 0 unspecified atom stereocenters. The topological polar surface area (TPSA) is 72.2 Å². The van der Waals surface area contributed by atoms with Gasteiger partial charge in [-0.3, -0.25) is 9.36 Å². The Morgan fingerprint density at radius 1 is 1.00 bits per heavy atom. The molecule has 0 aliphatic rings. The minimum atomic E-state index is -0.270. The quantitative estimate of drug-likeness (QED) is 0.150. The van der Waals surface area contributed by atoms with Crippen LogP contribution in [0, 0.1) is 0 Å². The fourth-order valence-corrected chi connectivity index (χ4v) is 4.92. The van der Waals surface area contributed by atoms with Crippen molar-refractivity contribution in [3.8, 4) is 17.1 Å². The van der Waals surface area contributed by atoms with Gasteiger partial charge in [0.15, 0.2) is 11.0 Å². The van der Waals surface area contributed by atoms with Crippen molar-refractivity contribution in [3.05, 3.63) is 94.0 Å². The lowest BCUT2D eigenvalue weighted by Crippen LogP contribution is -2.21. The summed E-state index contributed by atoms with van der Waals surface area (Å²) in [6, 6.07) is 23.3. The van der Waals surface area contributed by atoms with Crippen molar-refractivity contribution in [2.45, 2.75) is 38.3 Å². The van der Waals surface area contributed by atoms with E-state index in [9.17, 15) is 4.79 Å². The summed E-state index contributed by atoms with van der Waals surface area (Å²) in [6.45, 7) is 8.32. The number of amides is 1. The monoisotopic (exact) mass is 551 g/mol. The van der Waals surface area contributed by atoms with E-state index in [1.165, 1.54) is 17.3 Å². The molecule has 1 heterocycles. The van der Waals surface area contributed by atoms with Crippen LogP contribution >= 0.6 is 35.0 Å². The summed E-state index contributed by atoms with van der Waals surface area (Å²) in [5.74, 6) is 0.549. The maximum atomic E-state index is 12.6. The number of rotatable bonds is 7. The molecule has 4 aromatic rings. The highest BCUT2D eigenvalue weighted by Crippen LogP contribution is 2.30. The minimum Gasteiger partial charge on any atom is -0.272 e. The molecule has 1 aromatic heterocycles. The number of aromatic nitrogens is 3. The molecule has 0 saturated carbocycles. The molecule has 0 saturated heterocycles. The molecule has 0 atom stereocenters. The lowest BCUT2D eigenvalue weighted by Gasteiger charge is -2.19. The molecule has 0 spiro atoms. The van der Waals surface area contributed by atoms with E-state index < -0.39 is 0 Å². The summed E-state index contributed by atoms with van der Waals surface area (Å²) in [5, 5.41) is 14.7. The SMILES string of the molecule is CC(=NNC(=O)CSc1nnc(-c2ccc(C(C)(C)C)cc2)n1-c1ccccc1)c1ccc(Cl)cc1Cl. The Hall–Kier alpha value is -3.13. The van der Waals surface area contributed by atoms with Gasteiger partial charge < -0.3 is 0 Å². The third kappa shape index (κ3) is 6.60. The van der Waals surface area contributed by atoms with E-state index in [0.29, 0.717) is 32.3 Å². The molecule has 4 rings (SSSR count). The molecular formula is C28H27Cl2N5OS. The van der Waals surface area contributed by atoms with Crippen LogP contribution in [0.15, 0.2) is 83.1 Å². The largest absolute Gasteiger partial charge is 0.272 e. The summed E-state index contributed by atoms with van der Waals surface area (Å²) in [7, 11) is 0. The first-order valence-electron chi connectivity index (χ1n) is 11.7. The third-order valence-corrected chi connectivity index (χ3v) is 7.14. The van der Waals surface area contributed by atoms with Gasteiger partial charge in [-0.2, -0.15) is 5.10 Å². The Kier molecular flexibility index (Phi) is 8.37. The second kappa shape index (κ2) is 11.5. The van der Waals surface area contributed by atoms with E-state index in [0.717, 1.165) is 11.3 Å². The zero-order valence-electron chi connectivity index (χ0n) is 21.0. The Labute approximate surface area is 231 Å². The maximum Gasteiger partial charge on any atom is 0.250 e. The van der Waals surface area contributed by atoms with Crippen LogP contribution < -0.4 is 5.43 Å². The van der Waals surface area contributed by atoms with Crippen molar-refractivity contribution in [1.29, 1.82) is 0 Å². The minimum absolute atomic E-state index is 0.0553. The van der Waals surface area contributed by atoms with Crippen molar-refractivity contribution in [2.75, 3.05) is 5.75 Å².